The van der Waals surface area contributed by atoms with Gasteiger partial charge in [0.1, 0.15) is 30.5 Å². The van der Waals surface area contributed by atoms with E-state index < -0.39 is 210 Å². The third-order valence-electron chi connectivity index (χ3n) is 15.0. The average Bonchev–Trinajstić information content (AvgIpc) is 3.53. The first-order chi connectivity index (χ1) is 38.2. The molecule has 4 aliphatic rings. The zero-order valence-electron chi connectivity index (χ0n) is 46.3. The van der Waals surface area contributed by atoms with Crippen molar-refractivity contribution in [2.75, 3.05) is 26.3 Å². The van der Waals surface area contributed by atoms with Crippen LogP contribution in [-0.4, -0.2) is 248 Å². The van der Waals surface area contributed by atoms with Gasteiger partial charge >= 0.3 is 5.97 Å². The Kier molecular flexibility index (Phi) is 29.0. The van der Waals surface area contributed by atoms with E-state index in [1.807, 2.05) is 6.92 Å². The largest absolute Gasteiger partial charge is 0.462 e. The number of aliphatic hydroxyl groups excluding tert-OH is 14. The molecule has 3 saturated heterocycles. The maximum absolute atomic E-state index is 13.8. The molecule has 24 atom stereocenters. The number of esters is 1. The van der Waals surface area contributed by atoms with E-state index in [9.17, 15) is 91.3 Å². The van der Waals surface area contributed by atoms with E-state index in [2.05, 4.69) is 10.6 Å². The number of amides is 1. The highest BCUT2D eigenvalue weighted by Gasteiger charge is 2.53. The van der Waals surface area contributed by atoms with Crippen LogP contribution in [0.15, 0.2) is 85.1 Å². The van der Waals surface area contributed by atoms with Crippen molar-refractivity contribution in [1.82, 2.24) is 10.6 Å². The quantitative estimate of drug-likeness (QED) is 0.0998. The van der Waals surface area contributed by atoms with Crippen molar-refractivity contribution in [3.63, 3.8) is 0 Å². The SMILES string of the molecule is CC1[C@H](C)OC(=O)C[C@H](O)C[C@H](O)CC[C@@H](O)[C@H](O)C[C@H](O)C[C@]2(O)C[C@H](O)C(C(=O)NCC(O)CO)C(C[C@@H](O[C@@H]3O[C@H](C)[C@@H](O)[C@H](NC[C@@]4(O)OC[C@@H](O)[C@H](O)[C@@H]4O)[C@@H]3O)/C=C/C=C/C=C/C=C/C=C/C=C/C=C/[C@H](C)[C@H]1O)O2. The first kappa shape index (κ1) is 69.8. The lowest BCUT2D eigenvalue weighted by Gasteiger charge is -2.47. The summed E-state index contributed by atoms with van der Waals surface area (Å²) in [5.41, 5.74) is 0. The van der Waals surface area contributed by atoms with Crippen LogP contribution in [0.25, 0.3) is 0 Å². The summed E-state index contributed by atoms with van der Waals surface area (Å²) >= 11 is 0. The van der Waals surface area contributed by atoms with Crippen LogP contribution in [0.3, 0.4) is 0 Å². The summed E-state index contributed by atoms with van der Waals surface area (Å²) in [5, 5.41) is 178. The number of cyclic esters (lactones) is 1. The molecule has 1 amide bonds. The molecule has 0 aromatic heterocycles. The molecule has 0 saturated carbocycles. The van der Waals surface area contributed by atoms with Crippen molar-refractivity contribution >= 4 is 11.9 Å². The lowest BCUT2D eigenvalue weighted by molar-refractivity contribution is -0.323. The molecule has 4 aliphatic heterocycles. The number of rotatable bonds is 9. The van der Waals surface area contributed by atoms with Gasteiger partial charge in [0.05, 0.1) is 111 Å². The molecule has 25 heteroatoms. The molecule has 0 spiro atoms. The van der Waals surface area contributed by atoms with E-state index in [1.54, 1.807) is 86.8 Å². The van der Waals surface area contributed by atoms with Gasteiger partial charge in [-0.2, -0.15) is 0 Å². The Labute approximate surface area is 472 Å². The van der Waals surface area contributed by atoms with Crippen LogP contribution < -0.4 is 10.6 Å². The topological polar surface area (TPSA) is 428 Å². The fourth-order valence-corrected chi connectivity index (χ4v) is 9.91. The van der Waals surface area contributed by atoms with Crippen molar-refractivity contribution in [3.05, 3.63) is 85.1 Å². The van der Waals surface area contributed by atoms with Crippen molar-refractivity contribution in [1.29, 1.82) is 0 Å². The van der Waals surface area contributed by atoms with Crippen LogP contribution >= 0.6 is 0 Å². The minimum Gasteiger partial charge on any atom is -0.462 e. The van der Waals surface area contributed by atoms with Gasteiger partial charge < -0.3 is 116 Å². The molecule has 4 heterocycles. The monoisotopic (exact) mass is 1160 g/mol. The van der Waals surface area contributed by atoms with Crippen LogP contribution in [0.1, 0.15) is 79.1 Å². The van der Waals surface area contributed by atoms with Crippen molar-refractivity contribution in [2.24, 2.45) is 17.8 Å². The Hall–Kier alpha value is -3.72. The first-order valence-electron chi connectivity index (χ1n) is 27.6. The third-order valence-corrected chi connectivity index (χ3v) is 15.0. The lowest BCUT2D eigenvalue weighted by atomic mass is 9.82. The summed E-state index contributed by atoms with van der Waals surface area (Å²) in [7, 11) is 0. The first-order valence-corrected chi connectivity index (χ1v) is 27.6. The van der Waals surface area contributed by atoms with Crippen LogP contribution in [0, 0.1) is 17.8 Å². The van der Waals surface area contributed by atoms with Gasteiger partial charge in [-0.25, -0.2) is 0 Å². The summed E-state index contributed by atoms with van der Waals surface area (Å²) in [6.07, 6.45) is -6.03. The Balaban J connectivity index is 1.65. The second-order valence-electron chi connectivity index (χ2n) is 21.8. The molecule has 0 aromatic carbocycles. The van der Waals surface area contributed by atoms with Crippen molar-refractivity contribution in [2.45, 2.75) is 207 Å². The number of hydrogen-bond donors (Lipinski definition) is 18. The molecule has 3 fully saturated rings. The highest BCUT2D eigenvalue weighted by atomic mass is 16.7. The van der Waals surface area contributed by atoms with Gasteiger partial charge in [0.15, 0.2) is 12.1 Å². The number of carbonyl (C=O) groups excluding carboxylic acids is 2. The second-order valence-corrected chi connectivity index (χ2v) is 21.8. The lowest BCUT2D eigenvalue weighted by Crippen LogP contribution is -2.69. The van der Waals surface area contributed by atoms with E-state index in [0.29, 0.717) is 0 Å². The summed E-state index contributed by atoms with van der Waals surface area (Å²) in [6, 6.07) is -1.38. The molecule has 0 aromatic rings. The van der Waals surface area contributed by atoms with E-state index in [0.717, 1.165) is 0 Å². The van der Waals surface area contributed by atoms with Gasteiger partial charge in [-0.05, 0) is 33.1 Å². The highest BCUT2D eigenvalue weighted by molar-refractivity contribution is 5.80. The summed E-state index contributed by atoms with van der Waals surface area (Å²) in [4.78, 5) is 26.6. The summed E-state index contributed by atoms with van der Waals surface area (Å²) in [6.45, 7) is 4.17. The predicted molar refractivity (Wildman–Crippen MR) is 288 cm³/mol. The number of fused-ring (bicyclic) bond motifs is 2. The minimum atomic E-state index is -2.49. The fourth-order valence-electron chi connectivity index (χ4n) is 9.91. The highest BCUT2D eigenvalue weighted by Crippen LogP contribution is 2.38. The molecule has 0 aliphatic carbocycles. The molecule has 2 bridgehead atoms. The normalized spacial score (nSPS) is 45.0. The number of nitrogens with one attached hydrogen (secondary N) is 2. The molecule has 25 nitrogen and oxygen atoms in total. The van der Waals surface area contributed by atoms with Crippen LogP contribution in [0.5, 0.6) is 0 Å². The standard InChI is InChI=1S/C56H90N2O23/c1-31-17-15-13-11-9-7-5-6-8-10-12-14-16-18-39(80-54-51(72)47(49(70)34(4)79-54)58-30-56(76)52(73)50(71)43(67)29-77-56)24-44-46(53(74)57-27-38(63)28-59)42(66)26-55(75,81-44)25-37(62)22-41(65)40(64)20-19-35(60)21-36(61)23-45(68)78-33(3)32(2)48(31)69/h5-18,31-44,46-52,54,58-67,69-73,75-76H,19-30H2,1-4H3,(H,57,74)/b6-5+,9-7+,10-8+,13-11+,14-12+,17-15+,18-16+/t31-,32?,33-,34+,35+,36+,37-,38?,39-,40+,41+,42-,43+,44?,46?,47-,48+,49+,50-,51-,52-,54-,55+,56+/m0/s1. The molecule has 4 rings (SSSR count). The van der Waals surface area contributed by atoms with Gasteiger partial charge in [0, 0.05) is 44.1 Å². The van der Waals surface area contributed by atoms with E-state index in [4.69, 9.17) is 23.7 Å². The second kappa shape index (κ2) is 33.7. The van der Waals surface area contributed by atoms with Gasteiger partial charge in [0.2, 0.25) is 11.7 Å². The fraction of sp³-hybridized carbons (Fsp3) is 0.714. The molecule has 0 radical (unpaired) electrons. The Morgan fingerprint density at radius 2 is 1.28 bits per heavy atom. The van der Waals surface area contributed by atoms with Crippen molar-refractivity contribution in [3.8, 4) is 0 Å². The molecule has 462 valence electrons. The maximum Gasteiger partial charge on any atom is 0.308 e. The van der Waals surface area contributed by atoms with Gasteiger partial charge in [-0.15, -0.1) is 0 Å². The smallest absolute Gasteiger partial charge is 0.308 e. The molecular formula is C56H90N2O23. The predicted octanol–water partition coefficient (Wildman–Crippen LogP) is -3.47. The van der Waals surface area contributed by atoms with Crippen LogP contribution in [0.2, 0.25) is 0 Å². The minimum absolute atomic E-state index is 0.156. The summed E-state index contributed by atoms with van der Waals surface area (Å²) < 4.78 is 29.1. The summed E-state index contributed by atoms with van der Waals surface area (Å²) in [5.74, 6) is -8.93. The maximum atomic E-state index is 13.8. The number of ether oxygens (including phenoxy) is 5. The number of aliphatic hydroxyl groups is 16. The number of carbonyl (C=O) groups is 2. The van der Waals surface area contributed by atoms with E-state index in [-0.39, 0.29) is 25.2 Å². The Morgan fingerprint density at radius 3 is 1.90 bits per heavy atom. The van der Waals surface area contributed by atoms with Crippen molar-refractivity contribution < 1.29 is 115 Å². The van der Waals surface area contributed by atoms with Gasteiger partial charge in [-0.3, -0.25) is 9.59 Å². The third kappa shape index (κ3) is 22.0. The molecule has 81 heavy (non-hydrogen) atoms. The van der Waals surface area contributed by atoms with E-state index >= 15 is 0 Å². The number of hydrogen-bond acceptors (Lipinski definition) is 24. The Morgan fingerprint density at radius 1 is 0.679 bits per heavy atom. The van der Waals surface area contributed by atoms with E-state index in [1.165, 1.54) is 19.1 Å². The van der Waals surface area contributed by atoms with Crippen LogP contribution in [0.4, 0.5) is 0 Å². The molecule has 18 N–H and O–H groups in total. The zero-order valence-corrected chi connectivity index (χ0v) is 46.3. The van der Waals surface area contributed by atoms with Gasteiger partial charge in [0.25, 0.3) is 0 Å². The van der Waals surface area contributed by atoms with Gasteiger partial charge in [-0.1, -0.05) is 98.9 Å². The number of allylic oxidation sites excluding steroid dienone is 12. The average molecular weight is 1160 g/mol. The van der Waals surface area contributed by atoms with Crippen LogP contribution in [-0.2, 0) is 33.3 Å². The zero-order chi connectivity index (χ0) is 60.2. The Bertz CT molecular complexity index is 2110. The molecular weight excluding hydrogens is 1070 g/mol. The molecule has 4 unspecified atom stereocenters.